The van der Waals surface area contributed by atoms with Crippen molar-refractivity contribution >= 4 is 17.7 Å². The third-order valence-electron chi connectivity index (χ3n) is 9.93. The molecule has 0 bridgehead atoms. The van der Waals surface area contributed by atoms with Crippen LogP contribution in [-0.2, 0) is 54.9 Å². The van der Waals surface area contributed by atoms with Crippen molar-refractivity contribution in [3.63, 3.8) is 0 Å². The summed E-state index contributed by atoms with van der Waals surface area (Å²) in [6, 6.07) is 54.7. The average molecular weight is 781 g/mol. The molecule has 1 aliphatic heterocycles. The van der Waals surface area contributed by atoms with E-state index < -0.39 is 36.5 Å². The second-order valence-electron chi connectivity index (χ2n) is 14.0. The fourth-order valence-corrected chi connectivity index (χ4v) is 7.96. The van der Waals surface area contributed by atoms with Gasteiger partial charge in [0.15, 0.2) is 6.10 Å². The van der Waals surface area contributed by atoms with Crippen molar-refractivity contribution in [2.75, 3.05) is 12.9 Å². The molecule has 1 fully saturated rings. The summed E-state index contributed by atoms with van der Waals surface area (Å²) in [7, 11) is 1.37. The first kappa shape index (κ1) is 40.0. The average Bonchev–Trinajstić information content (AvgIpc) is 3.27. The maximum atomic E-state index is 13.6. The fourth-order valence-electron chi connectivity index (χ4n) is 6.84. The van der Waals surface area contributed by atoms with Gasteiger partial charge >= 0.3 is 5.97 Å². The van der Waals surface area contributed by atoms with E-state index in [0.717, 1.165) is 49.6 Å². The van der Waals surface area contributed by atoms with E-state index in [4.69, 9.17) is 28.4 Å². The van der Waals surface area contributed by atoms with Gasteiger partial charge in [0, 0.05) is 10.6 Å². The van der Waals surface area contributed by atoms with Crippen LogP contribution in [0.2, 0.25) is 0 Å². The van der Waals surface area contributed by atoms with Crippen molar-refractivity contribution in [2.24, 2.45) is 0 Å². The summed E-state index contributed by atoms with van der Waals surface area (Å²) >= 11 is 1.66. The smallest absolute Gasteiger partial charge is 0.337 e. The molecule has 0 saturated carbocycles. The van der Waals surface area contributed by atoms with Crippen LogP contribution in [0.25, 0.3) is 11.1 Å². The monoisotopic (exact) mass is 780 g/mol. The minimum Gasteiger partial charge on any atom is -0.489 e. The molecule has 57 heavy (non-hydrogen) atoms. The van der Waals surface area contributed by atoms with E-state index >= 15 is 0 Å². The molecule has 7 nitrogen and oxygen atoms in total. The molecule has 5 atom stereocenters. The molecule has 6 aromatic carbocycles. The number of thioether (sulfide) groups is 1. The number of carbonyl (C=O) groups is 1. The zero-order valence-corrected chi connectivity index (χ0v) is 33.1. The first-order chi connectivity index (χ1) is 28.0. The maximum absolute atomic E-state index is 13.6. The zero-order chi connectivity index (χ0) is 39.2. The van der Waals surface area contributed by atoms with Crippen LogP contribution in [0.1, 0.15) is 27.8 Å². The Morgan fingerprint density at radius 1 is 0.561 bits per heavy atom. The second-order valence-corrected chi connectivity index (χ2v) is 15.1. The minimum atomic E-state index is -1.05. The van der Waals surface area contributed by atoms with Gasteiger partial charge in [-0.3, -0.25) is 0 Å². The number of hydrogen-bond acceptors (Lipinski definition) is 8. The topological polar surface area (TPSA) is 72.5 Å². The normalized spacial score (nSPS) is 19.2. The highest BCUT2D eigenvalue weighted by atomic mass is 32.2. The number of ether oxygens (including phenoxy) is 6. The Hall–Kier alpha value is -5.22. The van der Waals surface area contributed by atoms with Gasteiger partial charge < -0.3 is 28.4 Å². The summed E-state index contributed by atoms with van der Waals surface area (Å²) in [5, 5.41) is 0. The highest BCUT2D eigenvalue weighted by molar-refractivity contribution is 7.99. The Kier molecular flexibility index (Phi) is 14.2. The van der Waals surface area contributed by atoms with Crippen molar-refractivity contribution in [2.45, 2.75) is 68.8 Å². The van der Waals surface area contributed by atoms with E-state index in [9.17, 15) is 4.79 Å². The summed E-state index contributed by atoms with van der Waals surface area (Å²) in [4.78, 5) is 14.7. The highest BCUT2D eigenvalue weighted by Gasteiger charge is 2.51. The zero-order valence-electron chi connectivity index (χ0n) is 32.3. The van der Waals surface area contributed by atoms with E-state index in [0.29, 0.717) is 25.6 Å². The molecule has 6 aromatic rings. The van der Waals surface area contributed by atoms with Gasteiger partial charge in [-0.05, 0) is 64.1 Å². The summed E-state index contributed by atoms with van der Waals surface area (Å²) in [6.07, 6.45) is -3.69. The Labute approximate surface area is 339 Å². The van der Waals surface area contributed by atoms with E-state index in [1.807, 2.05) is 121 Å². The summed E-state index contributed by atoms with van der Waals surface area (Å²) < 4.78 is 38.4. The molecule has 1 saturated heterocycles. The Morgan fingerprint density at radius 2 is 1.07 bits per heavy atom. The van der Waals surface area contributed by atoms with Crippen molar-refractivity contribution in [3.8, 4) is 16.9 Å². The third-order valence-corrected chi connectivity index (χ3v) is 11.2. The van der Waals surface area contributed by atoms with Gasteiger partial charge in [0.2, 0.25) is 0 Å². The number of hydrogen-bond donors (Lipinski definition) is 0. The fraction of sp³-hybridized carbons (Fsp3) is 0.245. The highest BCUT2D eigenvalue weighted by Crippen LogP contribution is 2.36. The molecule has 1 aliphatic rings. The van der Waals surface area contributed by atoms with Crippen LogP contribution in [0.4, 0.5) is 0 Å². The Morgan fingerprint density at radius 3 is 1.63 bits per heavy atom. The van der Waals surface area contributed by atoms with Gasteiger partial charge in [-0.2, -0.15) is 0 Å². The second kappa shape index (κ2) is 20.3. The molecule has 0 aromatic heterocycles. The molecule has 2 unspecified atom stereocenters. The predicted octanol–water partition coefficient (Wildman–Crippen LogP) is 10.0. The number of benzene rings is 6. The SMILES string of the molecule is COC(=O)C1O[C@@H](CSc2cc(-c3cccc(OCc4ccccc4)c3)ccc2C)C(OCc2ccccc2)[C@H](OCc2ccccc2)[C@H]1OCc1ccccc1. The largest absolute Gasteiger partial charge is 0.489 e. The van der Waals surface area contributed by atoms with E-state index in [1.54, 1.807) is 11.8 Å². The van der Waals surface area contributed by atoms with E-state index in [1.165, 1.54) is 7.11 Å². The summed E-state index contributed by atoms with van der Waals surface area (Å²) in [6.45, 7) is 3.47. The lowest BCUT2D eigenvalue weighted by Crippen LogP contribution is -2.62. The van der Waals surface area contributed by atoms with Crippen LogP contribution in [0.5, 0.6) is 5.75 Å². The molecule has 0 N–H and O–H groups in total. The molecule has 0 aliphatic carbocycles. The number of methoxy groups -OCH3 is 1. The number of rotatable bonds is 17. The molecule has 292 valence electrons. The van der Waals surface area contributed by atoms with Gasteiger partial charge in [-0.15, -0.1) is 11.8 Å². The van der Waals surface area contributed by atoms with Crippen LogP contribution < -0.4 is 4.74 Å². The first-order valence-corrected chi connectivity index (χ1v) is 20.2. The van der Waals surface area contributed by atoms with Gasteiger partial charge in [0.1, 0.15) is 30.7 Å². The van der Waals surface area contributed by atoms with Crippen LogP contribution in [-0.4, -0.2) is 49.4 Å². The molecule has 0 radical (unpaired) electrons. The molecular weight excluding hydrogens is 733 g/mol. The van der Waals surface area contributed by atoms with E-state index in [-0.39, 0.29) is 6.61 Å². The van der Waals surface area contributed by atoms with Crippen molar-refractivity contribution < 1.29 is 33.2 Å². The number of aryl methyl sites for hydroxylation is 1. The number of esters is 1. The predicted molar refractivity (Wildman–Crippen MR) is 224 cm³/mol. The van der Waals surface area contributed by atoms with E-state index in [2.05, 4.69) is 49.4 Å². The minimum absolute atomic E-state index is 0.253. The molecule has 0 spiro atoms. The molecule has 0 amide bonds. The van der Waals surface area contributed by atoms with Crippen LogP contribution >= 0.6 is 11.8 Å². The maximum Gasteiger partial charge on any atom is 0.337 e. The standard InChI is InChI=1S/C49H48O7S/c1-35-26-27-41(40-24-15-25-42(28-40)52-30-36-16-7-3-8-17-36)29-44(35)57-34-43-45(53-31-37-18-9-4-10-19-37)46(54-32-38-20-11-5-12-21-38)47(48(56-43)49(50)51-2)55-33-39-22-13-6-14-23-39/h3-29,43,45-48H,30-34H2,1-2H3/t43-,45?,46-,47+,48?/m0/s1. The van der Waals surface area contributed by atoms with Crippen molar-refractivity contribution in [3.05, 3.63) is 192 Å². The third kappa shape index (κ3) is 11.0. The summed E-state index contributed by atoms with van der Waals surface area (Å²) in [5.41, 5.74) is 7.34. The van der Waals surface area contributed by atoms with Gasteiger partial charge in [0.25, 0.3) is 0 Å². The first-order valence-electron chi connectivity index (χ1n) is 19.2. The lowest BCUT2D eigenvalue weighted by atomic mass is 9.94. The lowest BCUT2D eigenvalue weighted by molar-refractivity contribution is -0.261. The molecule has 8 heteroatoms. The quantitative estimate of drug-likeness (QED) is 0.0670. The van der Waals surface area contributed by atoms with Crippen molar-refractivity contribution in [1.29, 1.82) is 0 Å². The van der Waals surface area contributed by atoms with Gasteiger partial charge in [-0.25, -0.2) is 4.79 Å². The lowest BCUT2D eigenvalue weighted by Gasteiger charge is -2.45. The Bertz CT molecular complexity index is 2130. The van der Waals surface area contributed by atoms with Crippen LogP contribution in [0.15, 0.2) is 169 Å². The van der Waals surface area contributed by atoms with Crippen molar-refractivity contribution in [1.82, 2.24) is 0 Å². The van der Waals surface area contributed by atoms with Gasteiger partial charge in [-0.1, -0.05) is 146 Å². The number of carbonyl (C=O) groups excluding carboxylic acids is 1. The molecule has 1 heterocycles. The Balaban J connectivity index is 1.16. The molecule has 7 rings (SSSR count). The van der Waals surface area contributed by atoms with Crippen LogP contribution in [0, 0.1) is 6.92 Å². The molecular formula is C49H48O7S. The van der Waals surface area contributed by atoms with Crippen LogP contribution in [0.3, 0.4) is 0 Å². The van der Waals surface area contributed by atoms with Gasteiger partial charge in [0.05, 0.1) is 33.0 Å². The summed E-state index contributed by atoms with van der Waals surface area (Å²) in [5.74, 6) is 0.763.